The van der Waals surface area contributed by atoms with Crippen molar-refractivity contribution in [2.24, 2.45) is 7.05 Å². The van der Waals surface area contributed by atoms with Gasteiger partial charge in [-0.3, -0.25) is 0 Å². The molecule has 114 valence electrons. The Kier molecular flexibility index (Phi) is 5.69. The fourth-order valence-electron chi connectivity index (χ4n) is 1.71. The van der Waals surface area contributed by atoms with E-state index in [0.717, 1.165) is 6.07 Å². The van der Waals surface area contributed by atoms with E-state index in [-0.39, 0.29) is 30.2 Å². The largest absolute Gasteiger partial charge is 0.477 e. The highest BCUT2D eigenvalue weighted by Gasteiger charge is 2.23. The molecule has 0 aromatic carbocycles. The van der Waals surface area contributed by atoms with Gasteiger partial charge in [0.15, 0.2) is 0 Å². The zero-order chi connectivity index (χ0) is 15.3. The lowest BCUT2D eigenvalue weighted by atomic mass is 10.2. The van der Waals surface area contributed by atoms with Crippen LogP contribution in [0.4, 0.5) is 0 Å². The molecule has 0 bridgehead atoms. The van der Waals surface area contributed by atoms with Crippen molar-refractivity contribution in [3.8, 4) is 0 Å². The van der Waals surface area contributed by atoms with E-state index in [1.165, 1.54) is 24.9 Å². The second-order valence-electron chi connectivity index (χ2n) is 4.26. The Morgan fingerprint density at radius 3 is 2.65 bits per heavy atom. The van der Waals surface area contributed by atoms with Crippen molar-refractivity contribution in [1.82, 2.24) is 9.29 Å². The number of hydrogen-bond acceptors (Lipinski definition) is 5. The molecule has 1 aromatic rings. The number of aromatic carboxylic acids is 1. The van der Waals surface area contributed by atoms with Gasteiger partial charge in [-0.1, -0.05) is 0 Å². The van der Waals surface area contributed by atoms with Crippen molar-refractivity contribution in [3.05, 3.63) is 18.0 Å². The summed E-state index contributed by atoms with van der Waals surface area (Å²) in [7, 11) is -0.997. The fourth-order valence-corrected chi connectivity index (χ4v) is 3.04. The van der Waals surface area contributed by atoms with Gasteiger partial charge in [0.05, 0.1) is 6.61 Å². The lowest BCUT2D eigenvalue weighted by Gasteiger charge is -2.16. The molecule has 1 rings (SSSR count). The minimum absolute atomic E-state index is 0.110. The van der Waals surface area contributed by atoms with Crippen molar-refractivity contribution in [2.75, 3.05) is 20.3 Å². The number of nitrogens with one attached hydrogen (secondary N) is 1. The molecule has 0 amide bonds. The fraction of sp³-hybridized carbons (Fsp3) is 0.545. The van der Waals surface area contributed by atoms with Crippen molar-refractivity contribution in [1.29, 1.82) is 0 Å². The SMILES string of the molecule is COCC(CCO)NS(=O)(=O)c1cc(C(=O)O)n(C)c1. The van der Waals surface area contributed by atoms with Gasteiger partial charge >= 0.3 is 5.97 Å². The van der Waals surface area contributed by atoms with Gasteiger partial charge in [-0.15, -0.1) is 0 Å². The summed E-state index contributed by atoms with van der Waals surface area (Å²) in [5, 5.41) is 17.8. The average molecular weight is 306 g/mol. The van der Waals surface area contributed by atoms with Crippen molar-refractivity contribution >= 4 is 16.0 Å². The summed E-state index contributed by atoms with van der Waals surface area (Å²) in [5.74, 6) is -1.21. The number of aromatic nitrogens is 1. The number of aliphatic hydroxyl groups excluding tert-OH is 1. The van der Waals surface area contributed by atoms with Gasteiger partial charge < -0.3 is 19.5 Å². The summed E-state index contributed by atoms with van der Waals surface area (Å²) in [4.78, 5) is 10.8. The van der Waals surface area contributed by atoms with Crippen LogP contribution in [0.5, 0.6) is 0 Å². The highest BCUT2D eigenvalue weighted by Crippen LogP contribution is 2.14. The Bertz CT molecular complexity index is 559. The quantitative estimate of drug-likeness (QED) is 0.590. The van der Waals surface area contributed by atoms with Gasteiger partial charge in [0, 0.05) is 33.0 Å². The summed E-state index contributed by atoms with van der Waals surface area (Å²) in [6, 6.07) is 0.497. The van der Waals surface area contributed by atoms with Gasteiger partial charge in [-0.2, -0.15) is 0 Å². The topological polar surface area (TPSA) is 118 Å². The Morgan fingerprint density at radius 1 is 1.55 bits per heavy atom. The molecule has 0 spiro atoms. The predicted octanol–water partition coefficient (Wildman–Crippen LogP) is -0.601. The first-order valence-corrected chi connectivity index (χ1v) is 7.32. The number of rotatable bonds is 8. The molecule has 20 heavy (non-hydrogen) atoms. The first-order chi connectivity index (χ1) is 9.31. The molecule has 0 saturated carbocycles. The molecule has 1 aromatic heterocycles. The number of carbonyl (C=O) groups is 1. The van der Waals surface area contributed by atoms with Crippen LogP contribution in [0.15, 0.2) is 17.2 Å². The molecule has 0 aliphatic carbocycles. The van der Waals surface area contributed by atoms with Crippen LogP contribution in [0.3, 0.4) is 0 Å². The number of nitrogens with zero attached hydrogens (tertiary/aromatic N) is 1. The van der Waals surface area contributed by atoms with Crippen molar-refractivity contribution in [3.63, 3.8) is 0 Å². The van der Waals surface area contributed by atoms with E-state index < -0.39 is 22.0 Å². The summed E-state index contributed by atoms with van der Waals surface area (Å²) in [5.41, 5.74) is -0.129. The maximum absolute atomic E-state index is 12.1. The first-order valence-electron chi connectivity index (χ1n) is 5.83. The monoisotopic (exact) mass is 306 g/mol. The summed E-state index contributed by atoms with van der Waals surface area (Å²) in [6.45, 7) is -0.0792. The molecule has 0 aliphatic heterocycles. The van der Waals surface area contributed by atoms with E-state index in [1.54, 1.807) is 0 Å². The number of aliphatic hydroxyl groups is 1. The Labute approximate surface area is 117 Å². The standard InChI is InChI=1S/C11H18N2O6S/c1-13-6-9(5-10(13)11(15)16)20(17,18)12-8(3-4-14)7-19-2/h5-6,8,12,14H,3-4,7H2,1-2H3,(H,15,16). The Balaban J connectivity index is 2.98. The van der Waals surface area contributed by atoms with Gasteiger partial charge in [0.25, 0.3) is 0 Å². The molecule has 0 aliphatic rings. The normalized spacial score (nSPS) is 13.3. The zero-order valence-corrected chi connectivity index (χ0v) is 12.1. The Hall–Kier alpha value is -1.42. The van der Waals surface area contributed by atoms with Gasteiger partial charge in [-0.25, -0.2) is 17.9 Å². The van der Waals surface area contributed by atoms with Crippen LogP contribution in [-0.4, -0.2) is 55.5 Å². The molecule has 0 radical (unpaired) electrons. The van der Waals surface area contributed by atoms with Crippen molar-refractivity contribution in [2.45, 2.75) is 17.4 Å². The highest BCUT2D eigenvalue weighted by molar-refractivity contribution is 7.89. The first kappa shape index (κ1) is 16.6. The number of methoxy groups -OCH3 is 1. The van der Waals surface area contributed by atoms with Gasteiger partial charge in [0.2, 0.25) is 10.0 Å². The van der Waals surface area contributed by atoms with E-state index in [4.69, 9.17) is 14.9 Å². The summed E-state index contributed by atoms with van der Waals surface area (Å²) >= 11 is 0. The minimum Gasteiger partial charge on any atom is -0.477 e. The molecule has 9 heteroatoms. The lowest BCUT2D eigenvalue weighted by Crippen LogP contribution is -2.38. The lowest BCUT2D eigenvalue weighted by molar-refractivity contribution is 0.0686. The van der Waals surface area contributed by atoms with E-state index in [9.17, 15) is 13.2 Å². The minimum atomic E-state index is -3.86. The highest BCUT2D eigenvalue weighted by atomic mass is 32.2. The molecule has 3 N–H and O–H groups in total. The average Bonchev–Trinajstić information content (AvgIpc) is 2.72. The van der Waals surface area contributed by atoms with E-state index in [0.29, 0.717) is 0 Å². The van der Waals surface area contributed by atoms with Crippen LogP contribution >= 0.6 is 0 Å². The maximum Gasteiger partial charge on any atom is 0.352 e. The number of aryl methyl sites for hydroxylation is 1. The van der Waals surface area contributed by atoms with Crippen LogP contribution in [-0.2, 0) is 21.8 Å². The molecule has 0 saturated heterocycles. The molecular formula is C11H18N2O6S. The van der Waals surface area contributed by atoms with Crippen LogP contribution in [0, 0.1) is 0 Å². The number of carboxylic acids is 1. The van der Waals surface area contributed by atoms with Crippen molar-refractivity contribution < 1.29 is 28.2 Å². The molecule has 8 nitrogen and oxygen atoms in total. The second-order valence-corrected chi connectivity index (χ2v) is 5.98. The van der Waals surface area contributed by atoms with E-state index >= 15 is 0 Å². The molecule has 1 heterocycles. The number of hydrogen-bond donors (Lipinski definition) is 3. The summed E-state index contributed by atoms with van der Waals surface area (Å²) < 4.78 is 32.7. The third kappa shape index (κ3) is 4.04. The maximum atomic E-state index is 12.1. The molecular weight excluding hydrogens is 288 g/mol. The zero-order valence-electron chi connectivity index (χ0n) is 11.2. The number of sulfonamides is 1. The van der Waals surface area contributed by atoms with Crippen LogP contribution in [0.1, 0.15) is 16.9 Å². The summed E-state index contributed by atoms with van der Waals surface area (Å²) in [6.07, 6.45) is 1.42. The van der Waals surface area contributed by atoms with E-state index in [2.05, 4.69) is 4.72 Å². The number of ether oxygens (including phenoxy) is 1. The van der Waals surface area contributed by atoms with Crippen LogP contribution in [0.25, 0.3) is 0 Å². The van der Waals surface area contributed by atoms with Crippen LogP contribution < -0.4 is 4.72 Å². The number of carboxylic acid groups (broad SMARTS) is 1. The third-order valence-electron chi connectivity index (χ3n) is 2.68. The second kappa shape index (κ2) is 6.84. The molecule has 0 fully saturated rings. The Morgan fingerprint density at radius 2 is 2.20 bits per heavy atom. The predicted molar refractivity (Wildman–Crippen MR) is 70.1 cm³/mol. The smallest absolute Gasteiger partial charge is 0.352 e. The van der Waals surface area contributed by atoms with Gasteiger partial charge in [-0.05, 0) is 12.5 Å². The third-order valence-corrected chi connectivity index (χ3v) is 4.16. The van der Waals surface area contributed by atoms with Crippen LogP contribution in [0.2, 0.25) is 0 Å². The molecule has 1 unspecified atom stereocenters. The molecule has 1 atom stereocenters. The van der Waals surface area contributed by atoms with E-state index in [1.807, 2.05) is 0 Å². The van der Waals surface area contributed by atoms with Gasteiger partial charge in [0.1, 0.15) is 10.6 Å².